The summed E-state index contributed by atoms with van der Waals surface area (Å²) in [4.78, 5) is 51.7. The first-order chi connectivity index (χ1) is 24.8. The first kappa shape index (κ1) is 37.4. The number of carboxylic acid groups (broad SMARTS) is 1. The Labute approximate surface area is 294 Å². The summed E-state index contributed by atoms with van der Waals surface area (Å²) in [6.45, 7) is 4.18. The van der Waals surface area contributed by atoms with Gasteiger partial charge in [0, 0.05) is 57.7 Å². The number of H-pyrrole nitrogens is 2. The molecular formula is C32H37F3N12O5. The molecule has 1 saturated heterocycles. The third-order valence-electron chi connectivity index (χ3n) is 8.12. The van der Waals surface area contributed by atoms with Crippen molar-refractivity contribution in [2.24, 2.45) is 0 Å². The van der Waals surface area contributed by atoms with Crippen molar-refractivity contribution in [1.82, 2.24) is 55.1 Å². The van der Waals surface area contributed by atoms with Crippen LogP contribution in [0.3, 0.4) is 0 Å². The molecule has 52 heavy (non-hydrogen) atoms. The van der Waals surface area contributed by atoms with Crippen LogP contribution in [0.1, 0.15) is 16.1 Å². The smallest absolute Gasteiger partial charge is 0.490 e. The van der Waals surface area contributed by atoms with Crippen LogP contribution in [0.15, 0.2) is 48.8 Å². The first-order valence-electron chi connectivity index (χ1n) is 15.9. The van der Waals surface area contributed by atoms with E-state index in [1.807, 2.05) is 55.4 Å². The van der Waals surface area contributed by atoms with E-state index in [0.717, 1.165) is 24.5 Å². The number of methoxy groups -OCH3 is 1. The number of alkyl halides is 3. The maximum Gasteiger partial charge on any atom is 0.490 e. The number of para-hydroxylation sites is 1. The van der Waals surface area contributed by atoms with Crippen LogP contribution >= 0.6 is 0 Å². The Bertz CT molecular complexity index is 2000. The molecule has 0 bridgehead atoms. The Morgan fingerprint density at radius 2 is 1.73 bits per heavy atom. The number of ether oxygens (including phenoxy) is 1. The summed E-state index contributed by atoms with van der Waals surface area (Å²) in [5.41, 5.74) is 3.76. The molecule has 0 unspecified atom stereocenters. The Hall–Kier alpha value is -5.89. The number of benzene rings is 1. The van der Waals surface area contributed by atoms with E-state index in [-0.39, 0.29) is 5.56 Å². The van der Waals surface area contributed by atoms with Gasteiger partial charge in [0.1, 0.15) is 17.1 Å². The molecule has 276 valence electrons. The van der Waals surface area contributed by atoms with Gasteiger partial charge in [-0.15, -0.1) is 0 Å². The maximum atomic E-state index is 13.7. The van der Waals surface area contributed by atoms with Crippen LogP contribution in [0.2, 0.25) is 0 Å². The molecule has 0 aliphatic carbocycles. The van der Waals surface area contributed by atoms with Crippen LogP contribution in [0.25, 0.3) is 28.0 Å². The second-order valence-corrected chi connectivity index (χ2v) is 12.1. The van der Waals surface area contributed by atoms with E-state index in [1.54, 1.807) is 22.0 Å². The van der Waals surface area contributed by atoms with E-state index >= 15 is 0 Å². The third kappa shape index (κ3) is 8.52. The van der Waals surface area contributed by atoms with Gasteiger partial charge in [0.2, 0.25) is 5.95 Å². The molecule has 1 aromatic carbocycles. The van der Waals surface area contributed by atoms with Crippen LogP contribution in [-0.4, -0.2) is 152 Å². The van der Waals surface area contributed by atoms with Crippen molar-refractivity contribution in [3.05, 3.63) is 60.0 Å². The number of carbonyl (C=O) groups excluding carboxylic acids is 2. The minimum absolute atomic E-state index is 0.227. The minimum atomic E-state index is -5.08. The van der Waals surface area contributed by atoms with Crippen LogP contribution in [-0.2, 0) is 16.1 Å². The molecule has 17 nitrogen and oxygen atoms in total. The van der Waals surface area contributed by atoms with Gasteiger partial charge in [-0.05, 0) is 49.8 Å². The molecule has 0 spiro atoms. The number of tetrazole rings is 1. The SMILES string of the molecule is COc1cnc(-c2cc(CN(C)CCN(C)C)[nH]n2)c2[nH]cc(C(=O)C(=O)N3CCN(c4nnnn4-c4ccccc4)CC3)c12.O=C(O)C(F)(F)F. The lowest BCUT2D eigenvalue weighted by Gasteiger charge is -2.34. The van der Waals surface area contributed by atoms with Gasteiger partial charge < -0.3 is 29.5 Å². The number of anilines is 1. The number of hydrogen-bond acceptors (Lipinski definition) is 12. The van der Waals surface area contributed by atoms with Gasteiger partial charge in [0.15, 0.2) is 0 Å². The number of halogens is 3. The first-order valence-corrected chi connectivity index (χ1v) is 15.9. The number of pyridine rings is 1. The Morgan fingerprint density at radius 1 is 1.04 bits per heavy atom. The molecule has 5 aromatic rings. The number of aromatic nitrogens is 8. The molecule has 1 aliphatic rings. The van der Waals surface area contributed by atoms with Gasteiger partial charge in [-0.3, -0.25) is 19.6 Å². The normalized spacial score (nSPS) is 13.4. The zero-order chi connectivity index (χ0) is 37.6. The molecule has 1 fully saturated rings. The molecule has 1 amide bonds. The number of carbonyl (C=O) groups is 3. The number of nitrogens with one attached hydrogen (secondary N) is 2. The summed E-state index contributed by atoms with van der Waals surface area (Å²) in [5.74, 6) is -2.98. The topological polar surface area (TPSA) is 195 Å². The van der Waals surface area contributed by atoms with Gasteiger partial charge >= 0.3 is 12.1 Å². The number of fused-ring (bicyclic) bond motifs is 1. The van der Waals surface area contributed by atoms with Crippen molar-refractivity contribution >= 4 is 34.5 Å². The van der Waals surface area contributed by atoms with E-state index in [4.69, 9.17) is 14.6 Å². The number of carboxylic acids is 1. The van der Waals surface area contributed by atoms with Crippen LogP contribution in [0, 0.1) is 0 Å². The van der Waals surface area contributed by atoms with Crippen molar-refractivity contribution in [3.8, 4) is 22.8 Å². The molecule has 0 saturated carbocycles. The molecule has 6 rings (SSSR count). The lowest BCUT2D eigenvalue weighted by Crippen LogP contribution is -2.51. The van der Waals surface area contributed by atoms with Crippen molar-refractivity contribution < 1.29 is 37.4 Å². The van der Waals surface area contributed by atoms with Gasteiger partial charge in [0.05, 0.1) is 35.5 Å². The highest BCUT2D eigenvalue weighted by Crippen LogP contribution is 2.34. The van der Waals surface area contributed by atoms with Crippen molar-refractivity contribution in [1.29, 1.82) is 0 Å². The fraction of sp³-hybridized carbons (Fsp3) is 0.375. The van der Waals surface area contributed by atoms with Crippen molar-refractivity contribution in [2.45, 2.75) is 12.7 Å². The summed E-state index contributed by atoms with van der Waals surface area (Å²) < 4.78 is 39.0. The van der Waals surface area contributed by atoms with E-state index in [1.165, 1.54) is 7.11 Å². The quantitative estimate of drug-likeness (QED) is 0.132. The highest BCUT2D eigenvalue weighted by atomic mass is 19.4. The number of piperazine rings is 1. The molecule has 20 heteroatoms. The van der Waals surface area contributed by atoms with Crippen molar-refractivity contribution in [3.63, 3.8) is 0 Å². The molecule has 1 aliphatic heterocycles. The molecule has 0 atom stereocenters. The van der Waals surface area contributed by atoms with E-state index in [9.17, 15) is 22.8 Å². The van der Waals surface area contributed by atoms with Crippen LogP contribution in [0.5, 0.6) is 5.75 Å². The summed E-state index contributed by atoms with van der Waals surface area (Å²) in [5, 5.41) is 27.4. The molecule has 0 radical (unpaired) electrons. The average molecular weight is 727 g/mol. The molecule has 3 N–H and O–H groups in total. The summed E-state index contributed by atoms with van der Waals surface area (Å²) in [6.07, 6.45) is -1.98. The van der Waals surface area contributed by atoms with Gasteiger partial charge in [-0.2, -0.15) is 23.0 Å². The zero-order valence-corrected chi connectivity index (χ0v) is 28.8. The average Bonchev–Trinajstić information content (AvgIpc) is 3.91. The number of amides is 1. The number of Topliss-reactive ketones (excluding diaryl/α,β-unsaturated/α-hetero) is 1. The molecular weight excluding hydrogens is 689 g/mol. The number of nitrogens with zero attached hydrogens (tertiary/aromatic N) is 10. The summed E-state index contributed by atoms with van der Waals surface area (Å²) in [7, 11) is 7.66. The number of ketones is 1. The maximum absolute atomic E-state index is 13.7. The number of hydrogen-bond donors (Lipinski definition) is 3. The van der Waals surface area contributed by atoms with E-state index in [0.29, 0.717) is 66.7 Å². The molecule has 5 heterocycles. The summed E-state index contributed by atoms with van der Waals surface area (Å²) in [6, 6.07) is 11.6. The second kappa shape index (κ2) is 16.0. The Kier molecular flexibility index (Phi) is 11.5. The number of likely N-dealkylation sites (N-methyl/N-ethyl adjacent to an activating group) is 2. The predicted molar refractivity (Wildman–Crippen MR) is 181 cm³/mol. The number of aromatic amines is 2. The second-order valence-electron chi connectivity index (χ2n) is 12.1. The Morgan fingerprint density at radius 3 is 2.37 bits per heavy atom. The highest BCUT2D eigenvalue weighted by Gasteiger charge is 2.38. The van der Waals surface area contributed by atoms with Crippen molar-refractivity contribution in [2.75, 3.05) is 72.4 Å². The molecule has 4 aromatic heterocycles. The van der Waals surface area contributed by atoms with Gasteiger partial charge in [-0.1, -0.05) is 23.3 Å². The lowest BCUT2D eigenvalue weighted by atomic mass is 10.1. The van der Waals surface area contributed by atoms with Crippen LogP contribution < -0.4 is 9.64 Å². The predicted octanol–water partition coefficient (Wildman–Crippen LogP) is 2.10. The fourth-order valence-electron chi connectivity index (χ4n) is 5.44. The number of rotatable bonds is 11. The van der Waals surface area contributed by atoms with E-state index in [2.05, 4.69) is 52.5 Å². The third-order valence-corrected chi connectivity index (χ3v) is 8.12. The van der Waals surface area contributed by atoms with Gasteiger partial charge in [0.25, 0.3) is 11.7 Å². The highest BCUT2D eigenvalue weighted by molar-refractivity contribution is 6.45. The monoisotopic (exact) mass is 726 g/mol. The standard InChI is InChI=1S/C30H36N12O3.C2HF3O2/c1-38(2)10-11-39(3)19-20-16-23(34-33-20)26-27-25(24(45-4)18-32-26)22(17-31-27)28(43)29(44)40-12-14-41(15-13-40)30-35-36-37-42(30)21-8-6-5-7-9-21;3-2(4,5)1(6)7/h5-9,16-18,31H,10-15,19H2,1-4H3,(H,33,34);(H,6,7). The Balaban J connectivity index is 0.000000679. The fourth-order valence-corrected chi connectivity index (χ4v) is 5.44. The number of aliphatic carboxylic acids is 1. The minimum Gasteiger partial charge on any atom is -0.494 e. The van der Waals surface area contributed by atoms with E-state index < -0.39 is 23.8 Å². The lowest BCUT2D eigenvalue weighted by molar-refractivity contribution is -0.192. The van der Waals surface area contributed by atoms with Gasteiger partial charge in [-0.25, -0.2) is 9.78 Å². The zero-order valence-electron chi connectivity index (χ0n) is 28.8. The largest absolute Gasteiger partial charge is 0.494 e. The summed E-state index contributed by atoms with van der Waals surface area (Å²) >= 11 is 0. The van der Waals surface area contributed by atoms with Crippen LogP contribution in [0.4, 0.5) is 19.1 Å².